The Balaban J connectivity index is 1.23. The topological polar surface area (TPSA) is 0 Å². The largest absolute Gasteiger partial charge is 0.0619 e. The van der Waals surface area contributed by atoms with Crippen molar-refractivity contribution in [1.82, 2.24) is 0 Å². The van der Waals surface area contributed by atoms with Crippen molar-refractivity contribution < 1.29 is 0 Å². The van der Waals surface area contributed by atoms with E-state index in [2.05, 4.69) is 173 Å². The Bertz CT molecular complexity index is 2610. The highest BCUT2D eigenvalue weighted by Crippen LogP contribution is 2.57. The number of benzene rings is 8. The highest BCUT2D eigenvalue weighted by molar-refractivity contribution is 6.22. The van der Waals surface area contributed by atoms with Crippen LogP contribution in [0.15, 0.2) is 146 Å². The van der Waals surface area contributed by atoms with E-state index >= 15 is 0 Å². The maximum absolute atomic E-state index is 2.53. The van der Waals surface area contributed by atoms with Crippen molar-refractivity contribution in [1.29, 1.82) is 0 Å². The number of fused-ring (bicyclic) bond motifs is 9. The van der Waals surface area contributed by atoms with Crippen molar-refractivity contribution in [2.75, 3.05) is 0 Å². The lowest BCUT2D eigenvalue weighted by molar-refractivity contribution is 0.652. The van der Waals surface area contributed by atoms with Gasteiger partial charge in [0.1, 0.15) is 0 Å². The van der Waals surface area contributed by atoms with Gasteiger partial charge in [0.05, 0.1) is 0 Å². The lowest BCUT2D eigenvalue weighted by Gasteiger charge is -2.24. The van der Waals surface area contributed by atoms with Crippen molar-refractivity contribution in [2.45, 2.75) is 38.5 Å². The summed E-state index contributed by atoms with van der Waals surface area (Å²) in [6.07, 6.45) is 0. The van der Waals surface area contributed by atoms with Gasteiger partial charge in [0.15, 0.2) is 0 Å². The summed E-state index contributed by atoms with van der Waals surface area (Å²) in [4.78, 5) is 0. The van der Waals surface area contributed by atoms with Gasteiger partial charge in [0.2, 0.25) is 0 Å². The molecule has 2 aliphatic carbocycles. The van der Waals surface area contributed by atoms with Crippen LogP contribution in [0.25, 0.3) is 76.8 Å². The molecule has 0 fully saturated rings. The van der Waals surface area contributed by atoms with Gasteiger partial charge in [0.25, 0.3) is 0 Å². The molecular weight excluding hydrogens is 577 g/mol. The molecule has 0 atom stereocenters. The molecule has 0 saturated heterocycles. The minimum atomic E-state index is -0.0794. The fourth-order valence-corrected chi connectivity index (χ4v) is 9.20. The molecule has 0 aromatic heterocycles. The molecule has 0 spiro atoms. The van der Waals surface area contributed by atoms with Crippen LogP contribution in [0.4, 0.5) is 0 Å². The Hall–Kier alpha value is -5.46. The van der Waals surface area contributed by atoms with E-state index in [1.807, 2.05) is 0 Å². The van der Waals surface area contributed by atoms with Crippen molar-refractivity contribution in [3.8, 4) is 44.5 Å². The van der Waals surface area contributed by atoms with Crippen LogP contribution in [0.1, 0.15) is 49.9 Å². The number of hydrogen-bond acceptors (Lipinski definition) is 0. The summed E-state index contributed by atoms with van der Waals surface area (Å²) in [6.45, 7) is 9.57. The monoisotopic (exact) mass is 612 g/mol. The van der Waals surface area contributed by atoms with Crippen LogP contribution in [0.3, 0.4) is 0 Å². The Morgan fingerprint density at radius 1 is 0.312 bits per heavy atom. The van der Waals surface area contributed by atoms with Gasteiger partial charge in [-0.3, -0.25) is 0 Å². The first-order valence-electron chi connectivity index (χ1n) is 17.2. The third-order valence-electron chi connectivity index (χ3n) is 11.6. The minimum absolute atomic E-state index is 0.0313. The molecule has 0 N–H and O–H groups in total. The van der Waals surface area contributed by atoms with Gasteiger partial charge < -0.3 is 0 Å². The molecule has 0 amide bonds. The van der Waals surface area contributed by atoms with E-state index in [-0.39, 0.29) is 10.8 Å². The summed E-state index contributed by atoms with van der Waals surface area (Å²) < 4.78 is 0. The predicted molar refractivity (Wildman–Crippen MR) is 205 cm³/mol. The summed E-state index contributed by atoms with van der Waals surface area (Å²) in [5, 5.41) is 7.71. The van der Waals surface area contributed by atoms with Crippen LogP contribution in [-0.2, 0) is 10.8 Å². The molecule has 48 heavy (non-hydrogen) atoms. The first kappa shape index (κ1) is 27.6. The first-order chi connectivity index (χ1) is 23.3. The zero-order valence-corrected chi connectivity index (χ0v) is 27.9. The number of hydrogen-bond donors (Lipinski definition) is 0. The minimum Gasteiger partial charge on any atom is -0.0619 e. The SMILES string of the molecule is CC1(C)c2ccccc2-c2cc3c(cc21)-c1cc(-c2c4ccccc4c(-c4ccc5ccccc5c4)c4ccccc24)ccc1C3(C)C. The van der Waals surface area contributed by atoms with Gasteiger partial charge in [-0.25, -0.2) is 0 Å². The highest BCUT2D eigenvalue weighted by atomic mass is 14.4. The van der Waals surface area contributed by atoms with E-state index in [4.69, 9.17) is 0 Å². The van der Waals surface area contributed by atoms with Gasteiger partial charge in [-0.05, 0) is 123 Å². The molecule has 0 radical (unpaired) electrons. The second kappa shape index (κ2) is 9.55. The summed E-state index contributed by atoms with van der Waals surface area (Å²) in [5.74, 6) is 0. The maximum Gasteiger partial charge on any atom is 0.0159 e. The summed E-state index contributed by atoms with van der Waals surface area (Å²) in [6, 6.07) is 54.9. The fourth-order valence-electron chi connectivity index (χ4n) is 9.20. The van der Waals surface area contributed by atoms with Crippen LogP contribution < -0.4 is 0 Å². The summed E-state index contributed by atoms with van der Waals surface area (Å²) in [5.41, 5.74) is 16.3. The molecule has 10 rings (SSSR count). The van der Waals surface area contributed by atoms with Crippen molar-refractivity contribution >= 4 is 32.3 Å². The lowest BCUT2D eigenvalue weighted by atomic mass is 9.79. The van der Waals surface area contributed by atoms with E-state index < -0.39 is 0 Å². The Morgan fingerprint density at radius 2 is 0.750 bits per heavy atom. The molecular formula is C48H36. The van der Waals surface area contributed by atoms with Gasteiger partial charge in [-0.2, -0.15) is 0 Å². The molecule has 8 aromatic rings. The van der Waals surface area contributed by atoms with Crippen LogP contribution in [0.2, 0.25) is 0 Å². The van der Waals surface area contributed by atoms with Crippen LogP contribution >= 0.6 is 0 Å². The van der Waals surface area contributed by atoms with Crippen molar-refractivity contribution in [3.63, 3.8) is 0 Å². The molecule has 0 bridgehead atoms. The Labute approximate surface area is 282 Å². The molecule has 0 saturated carbocycles. The molecule has 0 heterocycles. The second-order valence-corrected chi connectivity index (χ2v) is 14.9. The normalized spacial score (nSPS) is 15.0. The predicted octanol–water partition coefficient (Wildman–Crippen LogP) is 13.1. The van der Waals surface area contributed by atoms with Gasteiger partial charge in [-0.15, -0.1) is 0 Å². The smallest absolute Gasteiger partial charge is 0.0159 e. The second-order valence-electron chi connectivity index (χ2n) is 14.9. The molecule has 228 valence electrons. The highest BCUT2D eigenvalue weighted by Gasteiger charge is 2.41. The Morgan fingerprint density at radius 3 is 1.38 bits per heavy atom. The Kier molecular flexibility index (Phi) is 5.50. The van der Waals surface area contributed by atoms with Crippen LogP contribution in [0, 0.1) is 0 Å². The van der Waals surface area contributed by atoms with Crippen LogP contribution in [0.5, 0.6) is 0 Å². The summed E-state index contributed by atoms with van der Waals surface area (Å²) in [7, 11) is 0. The molecule has 0 aliphatic heterocycles. The molecule has 0 unspecified atom stereocenters. The summed E-state index contributed by atoms with van der Waals surface area (Å²) >= 11 is 0. The van der Waals surface area contributed by atoms with E-state index in [1.54, 1.807) is 0 Å². The van der Waals surface area contributed by atoms with Crippen LogP contribution in [-0.4, -0.2) is 0 Å². The van der Waals surface area contributed by atoms with Crippen molar-refractivity contribution in [2.24, 2.45) is 0 Å². The standard InChI is InChI=1S/C48H36/c1-47(2)41-20-12-11-15-33(41)39-27-44-40(28-43(39)47)38-26-32(23-24-42(38)48(44,3)4)46-36-18-9-7-16-34(36)45(35-17-8-10-19-37(35)46)31-22-21-29-13-5-6-14-30(29)25-31/h5-28H,1-4H3. The molecule has 0 nitrogen and oxygen atoms in total. The van der Waals surface area contributed by atoms with E-state index in [0.29, 0.717) is 0 Å². The zero-order chi connectivity index (χ0) is 32.4. The number of rotatable bonds is 2. The molecule has 0 heteroatoms. The van der Waals surface area contributed by atoms with Crippen molar-refractivity contribution in [3.05, 3.63) is 168 Å². The third kappa shape index (κ3) is 3.61. The quantitative estimate of drug-likeness (QED) is 0.170. The average molecular weight is 613 g/mol. The van der Waals surface area contributed by atoms with Gasteiger partial charge in [0, 0.05) is 10.8 Å². The van der Waals surface area contributed by atoms with Gasteiger partial charge in [-0.1, -0.05) is 149 Å². The average Bonchev–Trinajstić information content (AvgIpc) is 3.48. The maximum atomic E-state index is 2.53. The van der Waals surface area contributed by atoms with E-state index in [9.17, 15) is 0 Å². The van der Waals surface area contributed by atoms with E-state index in [0.717, 1.165) is 0 Å². The molecule has 2 aliphatic rings. The first-order valence-corrected chi connectivity index (χ1v) is 17.2. The third-order valence-corrected chi connectivity index (χ3v) is 11.6. The van der Waals surface area contributed by atoms with E-state index in [1.165, 1.54) is 99.1 Å². The lowest BCUT2D eigenvalue weighted by Crippen LogP contribution is -2.16. The van der Waals surface area contributed by atoms with Gasteiger partial charge >= 0.3 is 0 Å². The zero-order valence-electron chi connectivity index (χ0n) is 27.9. The molecule has 8 aromatic carbocycles. The fraction of sp³-hybridized carbons (Fsp3) is 0.125.